The number of carbonyl (C=O) groups excluding carboxylic acids is 2. The monoisotopic (exact) mass is 387 g/mol. The Kier molecular flexibility index (Phi) is 5.95. The van der Waals surface area contributed by atoms with Gasteiger partial charge in [-0.25, -0.2) is 4.39 Å². The molecule has 1 heterocycles. The predicted molar refractivity (Wildman–Crippen MR) is 105 cm³/mol. The Morgan fingerprint density at radius 1 is 0.964 bits per heavy atom. The summed E-state index contributed by atoms with van der Waals surface area (Å²) >= 11 is 0. The van der Waals surface area contributed by atoms with E-state index >= 15 is 0 Å². The molecule has 5 nitrogen and oxygen atoms in total. The molecule has 0 N–H and O–H groups in total. The number of nitrogens with zero attached hydrogens (tertiary/aromatic N) is 3. The Hall–Kier alpha value is -1.95. The van der Waals surface area contributed by atoms with Gasteiger partial charge in [0.1, 0.15) is 5.82 Å². The van der Waals surface area contributed by atoms with E-state index in [-0.39, 0.29) is 17.6 Å². The summed E-state index contributed by atoms with van der Waals surface area (Å²) in [4.78, 5) is 31.9. The van der Waals surface area contributed by atoms with Gasteiger partial charge in [-0.15, -0.1) is 0 Å². The van der Waals surface area contributed by atoms with Crippen LogP contribution in [0.5, 0.6) is 0 Å². The third-order valence-corrected chi connectivity index (χ3v) is 6.25. The Bertz CT molecular complexity index is 715. The molecule has 2 saturated carbocycles. The van der Waals surface area contributed by atoms with Gasteiger partial charge in [0.2, 0.25) is 5.91 Å². The van der Waals surface area contributed by atoms with Crippen molar-refractivity contribution < 1.29 is 14.0 Å². The molecule has 6 heteroatoms. The van der Waals surface area contributed by atoms with Crippen LogP contribution in [-0.4, -0.2) is 71.3 Å². The summed E-state index contributed by atoms with van der Waals surface area (Å²) in [6.45, 7) is 3.19. The summed E-state index contributed by atoms with van der Waals surface area (Å²) < 4.78 is 13.4. The standard InChI is InChI=1S/C22H30FN3O2/c23-18-6-3-5-17(15-18)22(28)25-12-4-11-24(13-14-25)16-21(27)26(20-9-10-20)19-7-1-2-8-19/h3,5-6,15,19-20H,1-2,4,7-14,16H2. The minimum absolute atomic E-state index is 0.127. The van der Waals surface area contributed by atoms with E-state index in [9.17, 15) is 14.0 Å². The molecule has 1 aliphatic heterocycles. The van der Waals surface area contributed by atoms with Crippen LogP contribution in [0.1, 0.15) is 55.3 Å². The third-order valence-electron chi connectivity index (χ3n) is 6.25. The van der Waals surface area contributed by atoms with E-state index in [0.29, 0.717) is 43.8 Å². The molecule has 0 unspecified atom stereocenters. The normalized spacial score (nSPS) is 21.5. The van der Waals surface area contributed by atoms with Crippen molar-refractivity contribution in [2.45, 2.75) is 57.0 Å². The third kappa shape index (κ3) is 4.54. The van der Waals surface area contributed by atoms with E-state index in [1.807, 2.05) is 0 Å². The van der Waals surface area contributed by atoms with Crippen LogP contribution in [0.4, 0.5) is 4.39 Å². The first-order chi connectivity index (χ1) is 13.6. The molecule has 0 radical (unpaired) electrons. The molecule has 1 saturated heterocycles. The second-order valence-corrected chi connectivity index (χ2v) is 8.40. The second kappa shape index (κ2) is 8.60. The van der Waals surface area contributed by atoms with Crippen LogP contribution in [0.2, 0.25) is 0 Å². The lowest BCUT2D eigenvalue weighted by Gasteiger charge is -2.31. The van der Waals surface area contributed by atoms with Crippen LogP contribution in [0.25, 0.3) is 0 Å². The van der Waals surface area contributed by atoms with Crippen LogP contribution in [0, 0.1) is 5.82 Å². The zero-order chi connectivity index (χ0) is 19.5. The summed E-state index contributed by atoms with van der Waals surface area (Å²) in [5, 5.41) is 0. The van der Waals surface area contributed by atoms with Gasteiger partial charge < -0.3 is 9.80 Å². The largest absolute Gasteiger partial charge is 0.337 e. The highest BCUT2D eigenvalue weighted by Gasteiger charge is 2.38. The van der Waals surface area contributed by atoms with Gasteiger partial charge in [-0.3, -0.25) is 14.5 Å². The lowest BCUT2D eigenvalue weighted by Crippen LogP contribution is -2.46. The maximum Gasteiger partial charge on any atom is 0.254 e. The molecule has 1 aromatic rings. The fourth-order valence-corrected chi connectivity index (χ4v) is 4.65. The summed E-state index contributed by atoms with van der Waals surface area (Å²) in [5.41, 5.74) is 0.394. The molecular formula is C22H30FN3O2. The van der Waals surface area contributed by atoms with Gasteiger partial charge in [0.05, 0.1) is 6.54 Å². The Balaban J connectivity index is 1.33. The number of hydrogen-bond acceptors (Lipinski definition) is 3. The lowest BCUT2D eigenvalue weighted by atomic mass is 10.2. The molecule has 2 amide bonds. The second-order valence-electron chi connectivity index (χ2n) is 8.40. The van der Waals surface area contributed by atoms with Crippen molar-refractivity contribution >= 4 is 11.8 Å². The fraction of sp³-hybridized carbons (Fsp3) is 0.636. The highest BCUT2D eigenvalue weighted by molar-refractivity contribution is 5.94. The quantitative estimate of drug-likeness (QED) is 0.780. The van der Waals surface area contributed by atoms with E-state index in [1.165, 1.54) is 25.0 Å². The van der Waals surface area contributed by atoms with Crippen LogP contribution in [0.3, 0.4) is 0 Å². The van der Waals surface area contributed by atoms with Gasteiger partial charge in [0, 0.05) is 43.8 Å². The Morgan fingerprint density at radius 2 is 1.71 bits per heavy atom. The SMILES string of the molecule is O=C(c1cccc(F)c1)N1CCCN(CC(=O)N(C2CCCC2)C2CC2)CC1. The molecular weight excluding hydrogens is 357 g/mol. The van der Waals surface area contributed by atoms with Crippen molar-refractivity contribution in [2.24, 2.45) is 0 Å². The number of hydrogen-bond donors (Lipinski definition) is 0. The van der Waals surface area contributed by atoms with Crippen molar-refractivity contribution in [1.82, 2.24) is 14.7 Å². The molecule has 0 atom stereocenters. The van der Waals surface area contributed by atoms with Crippen LogP contribution in [-0.2, 0) is 4.79 Å². The number of carbonyl (C=O) groups is 2. The number of amides is 2. The Morgan fingerprint density at radius 3 is 2.43 bits per heavy atom. The zero-order valence-electron chi connectivity index (χ0n) is 16.5. The first-order valence-corrected chi connectivity index (χ1v) is 10.7. The average molecular weight is 387 g/mol. The highest BCUT2D eigenvalue weighted by atomic mass is 19.1. The summed E-state index contributed by atoms with van der Waals surface area (Å²) in [7, 11) is 0. The molecule has 28 heavy (non-hydrogen) atoms. The van der Waals surface area contributed by atoms with Crippen molar-refractivity contribution in [3.63, 3.8) is 0 Å². The van der Waals surface area contributed by atoms with Crippen molar-refractivity contribution in [3.05, 3.63) is 35.6 Å². The minimum Gasteiger partial charge on any atom is -0.337 e. The molecule has 0 spiro atoms. The van der Waals surface area contributed by atoms with Gasteiger partial charge in [0.15, 0.2) is 0 Å². The molecule has 152 valence electrons. The number of halogens is 1. The fourth-order valence-electron chi connectivity index (χ4n) is 4.65. The average Bonchev–Trinajstić information content (AvgIpc) is 3.42. The molecule has 0 bridgehead atoms. The predicted octanol–water partition coefficient (Wildman–Crippen LogP) is 2.91. The minimum atomic E-state index is -0.389. The maximum atomic E-state index is 13.4. The molecule has 1 aromatic carbocycles. The maximum absolute atomic E-state index is 13.4. The van der Waals surface area contributed by atoms with Crippen molar-refractivity contribution in [2.75, 3.05) is 32.7 Å². The molecule has 0 aromatic heterocycles. The van der Waals surface area contributed by atoms with E-state index < -0.39 is 0 Å². The zero-order valence-corrected chi connectivity index (χ0v) is 16.5. The van der Waals surface area contributed by atoms with Gasteiger partial charge in [0.25, 0.3) is 5.91 Å². The topological polar surface area (TPSA) is 43.9 Å². The smallest absolute Gasteiger partial charge is 0.254 e. The highest BCUT2D eigenvalue weighted by Crippen LogP contribution is 2.34. The van der Waals surface area contributed by atoms with E-state index in [4.69, 9.17) is 0 Å². The number of benzene rings is 1. The van der Waals surface area contributed by atoms with Crippen molar-refractivity contribution in [1.29, 1.82) is 0 Å². The molecule has 3 aliphatic rings. The van der Waals surface area contributed by atoms with E-state index in [1.54, 1.807) is 17.0 Å². The molecule has 3 fully saturated rings. The Labute approximate surface area is 166 Å². The van der Waals surface area contributed by atoms with E-state index in [0.717, 1.165) is 38.6 Å². The van der Waals surface area contributed by atoms with Crippen LogP contribution < -0.4 is 0 Å². The molecule has 2 aliphatic carbocycles. The molecule has 4 rings (SSSR count). The summed E-state index contributed by atoms with van der Waals surface area (Å²) in [6.07, 6.45) is 7.91. The first kappa shape index (κ1) is 19.4. The van der Waals surface area contributed by atoms with Crippen LogP contribution >= 0.6 is 0 Å². The van der Waals surface area contributed by atoms with Crippen molar-refractivity contribution in [3.8, 4) is 0 Å². The first-order valence-electron chi connectivity index (χ1n) is 10.7. The van der Waals surface area contributed by atoms with Gasteiger partial charge in [-0.2, -0.15) is 0 Å². The van der Waals surface area contributed by atoms with E-state index in [2.05, 4.69) is 9.80 Å². The summed E-state index contributed by atoms with van der Waals surface area (Å²) in [6, 6.07) is 6.78. The summed E-state index contributed by atoms with van der Waals surface area (Å²) in [5.74, 6) is -0.252. The van der Waals surface area contributed by atoms with Gasteiger partial charge in [-0.05, 0) is 50.3 Å². The van der Waals surface area contributed by atoms with Crippen LogP contribution in [0.15, 0.2) is 24.3 Å². The number of rotatable bonds is 5. The van der Waals surface area contributed by atoms with Gasteiger partial charge >= 0.3 is 0 Å². The lowest BCUT2D eigenvalue weighted by molar-refractivity contribution is -0.135. The van der Waals surface area contributed by atoms with Gasteiger partial charge in [-0.1, -0.05) is 18.9 Å².